The van der Waals surface area contributed by atoms with Gasteiger partial charge >= 0.3 is 0 Å². The number of aliphatic hydroxyl groups is 1. The lowest BCUT2D eigenvalue weighted by Gasteiger charge is -2.20. The van der Waals surface area contributed by atoms with E-state index in [0.717, 1.165) is 19.3 Å². The smallest absolute Gasteiger partial charge is 0.239 e. The normalized spacial score (nSPS) is 18.0. The van der Waals surface area contributed by atoms with Gasteiger partial charge in [-0.2, -0.15) is 0 Å². The molecule has 1 rings (SSSR count). The minimum atomic E-state index is -0.565. The lowest BCUT2D eigenvalue weighted by atomic mass is 10.2. The van der Waals surface area contributed by atoms with Gasteiger partial charge in [0.15, 0.2) is 0 Å². The van der Waals surface area contributed by atoms with Crippen LogP contribution in [0.4, 0.5) is 0 Å². The summed E-state index contributed by atoms with van der Waals surface area (Å²) in [6, 6.07) is 0. The van der Waals surface area contributed by atoms with Crippen LogP contribution >= 0.6 is 0 Å². The number of ether oxygens (including phenoxy) is 1. The second-order valence-corrected chi connectivity index (χ2v) is 4.87. The summed E-state index contributed by atoms with van der Waals surface area (Å²) in [5, 5.41) is 12.1. The molecule has 1 atom stereocenters. The van der Waals surface area contributed by atoms with Gasteiger partial charge in [-0.15, -0.1) is 0 Å². The topological polar surface area (TPSA) is 78.9 Å². The van der Waals surface area contributed by atoms with E-state index in [1.807, 2.05) is 0 Å². The van der Waals surface area contributed by atoms with Crippen LogP contribution in [0.5, 0.6) is 0 Å². The highest BCUT2D eigenvalue weighted by atomic mass is 16.5. The summed E-state index contributed by atoms with van der Waals surface area (Å²) in [5.41, 5.74) is 0. The molecule has 19 heavy (non-hydrogen) atoms. The molecule has 0 bridgehead atoms. The highest BCUT2D eigenvalue weighted by Crippen LogP contribution is 2.10. The molecule has 1 saturated heterocycles. The zero-order chi connectivity index (χ0) is 14.1. The van der Waals surface area contributed by atoms with Crippen molar-refractivity contribution in [3.63, 3.8) is 0 Å². The van der Waals surface area contributed by atoms with Gasteiger partial charge in [0.1, 0.15) is 0 Å². The van der Waals surface area contributed by atoms with Gasteiger partial charge < -0.3 is 20.1 Å². The molecule has 6 nitrogen and oxygen atoms in total. The van der Waals surface area contributed by atoms with Crippen molar-refractivity contribution in [3.8, 4) is 0 Å². The molecule has 1 heterocycles. The maximum atomic E-state index is 11.7. The van der Waals surface area contributed by atoms with Gasteiger partial charge in [-0.1, -0.05) is 6.42 Å². The Morgan fingerprint density at radius 2 is 2.26 bits per heavy atom. The number of likely N-dealkylation sites (tertiary alicyclic amines) is 1. The summed E-state index contributed by atoms with van der Waals surface area (Å²) in [7, 11) is 1.52. The van der Waals surface area contributed by atoms with Crippen LogP contribution in [0.15, 0.2) is 0 Å². The third kappa shape index (κ3) is 6.54. The van der Waals surface area contributed by atoms with E-state index in [2.05, 4.69) is 5.32 Å². The second kappa shape index (κ2) is 8.87. The average Bonchev–Trinajstić information content (AvgIpc) is 2.55. The number of carbonyl (C=O) groups excluding carboxylic acids is 2. The van der Waals surface area contributed by atoms with Crippen molar-refractivity contribution in [1.29, 1.82) is 0 Å². The number of carbonyl (C=O) groups is 2. The molecule has 0 saturated carbocycles. The minimum absolute atomic E-state index is 0.0621. The summed E-state index contributed by atoms with van der Waals surface area (Å²) in [6.45, 7) is 1.45. The Bertz CT molecular complexity index is 296. The fraction of sp³-hybridized carbons (Fsp3) is 0.846. The molecular formula is C13H24N2O4. The van der Waals surface area contributed by atoms with Crippen molar-refractivity contribution in [2.75, 3.05) is 33.4 Å². The molecule has 1 aliphatic rings. The Morgan fingerprint density at radius 3 is 3.00 bits per heavy atom. The van der Waals surface area contributed by atoms with E-state index in [-0.39, 0.29) is 25.0 Å². The van der Waals surface area contributed by atoms with Crippen LogP contribution in [-0.4, -0.2) is 61.3 Å². The fourth-order valence-electron chi connectivity index (χ4n) is 2.09. The van der Waals surface area contributed by atoms with Crippen LogP contribution in [0, 0.1) is 0 Å². The number of nitrogens with zero attached hydrogens (tertiary/aromatic N) is 1. The minimum Gasteiger partial charge on any atom is -0.391 e. The highest BCUT2D eigenvalue weighted by Gasteiger charge is 2.18. The lowest BCUT2D eigenvalue weighted by molar-refractivity contribution is -0.135. The molecule has 0 aliphatic carbocycles. The first-order valence-electron chi connectivity index (χ1n) is 6.85. The first kappa shape index (κ1) is 15.9. The molecule has 1 unspecified atom stereocenters. The molecule has 2 amide bonds. The molecular weight excluding hydrogens is 248 g/mol. The molecule has 6 heteroatoms. The van der Waals surface area contributed by atoms with E-state index in [1.165, 1.54) is 7.11 Å². The zero-order valence-electron chi connectivity index (χ0n) is 11.6. The molecule has 0 aromatic rings. The number of rotatable bonds is 7. The van der Waals surface area contributed by atoms with Crippen LogP contribution in [0.1, 0.15) is 32.1 Å². The molecule has 110 valence electrons. The van der Waals surface area contributed by atoms with Crippen molar-refractivity contribution in [2.45, 2.75) is 38.2 Å². The number of nitrogens with one attached hydrogen (secondary N) is 1. The van der Waals surface area contributed by atoms with Crippen molar-refractivity contribution < 1.29 is 19.4 Å². The monoisotopic (exact) mass is 272 g/mol. The number of hydrogen-bond donors (Lipinski definition) is 2. The zero-order valence-corrected chi connectivity index (χ0v) is 11.6. The number of amides is 2. The Labute approximate surface area is 114 Å². The quantitative estimate of drug-likeness (QED) is 0.678. The van der Waals surface area contributed by atoms with Gasteiger partial charge in [0.25, 0.3) is 0 Å². The van der Waals surface area contributed by atoms with E-state index in [4.69, 9.17) is 4.74 Å². The van der Waals surface area contributed by atoms with Crippen molar-refractivity contribution >= 4 is 11.8 Å². The third-order valence-electron chi connectivity index (χ3n) is 3.16. The largest absolute Gasteiger partial charge is 0.391 e. The van der Waals surface area contributed by atoms with Crippen LogP contribution < -0.4 is 5.32 Å². The molecule has 0 spiro atoms. The van der Waals surface area contributed by atoms with Gasteiger partial charge in [0.2, 0.25) is 11.8 Å². The molecule has 1 aliphatic heterocycles. The van der Waals surface area contributed by atoms with Crippen LogP contribution in [-0.2, 0) is 14.3 Å². The maximum Gasteiger partial charge on any atom is 0.239 e. The number of aliphatic hydroxyl groups excluding tert-OH is 1. The van der Waals surface area contributed by atoms with E-state index in [0.29, 0.717) is 25.9 Å². The first-order chi connectivity index (χ1) is 9.13. The van der Waals surface area contributed by atoms with E-state index >= 15 is 0 Å². The first-order valence-corrected chi connectivity index (χ1v) is 6.85. The Morgan fingerprint density at radius 1 is 1.47 bits per heavy atom. The maximum absolute atomic E-state index is 11.7. The molecule has 2 N–H and O–H groups in total. The average molecular weight is 272 g/mol. The molecule has 0 radical (unpaired) electrons. The van der Waals surface area contributed by atoms with Gasteiger partial charge in [-0.3, -0.25) is 9.59 Å². The van der Waals surface area contributed by atoms with Gasteiger partial charge in [-0.25, -0.2) is 0 Å². The molecule has 0 aromatic heterocycles. The van der Waals surface area contributed by atoms with Crippen LogP contribution in [0.3, 0.4) is 0 Å². The second-order valence-electron chi connectivity index (χ2n) is 4.87. The Kier molecular flexibility index (Phi) is 7.43. The Balaban J connectivity index is 2.20. The van der Waals surface area contributed by atoms with Gasteiger partial charge in [0.05, 0.1) is 19.3 Å². The molecule has 0 aromatic carbocycles. The summed E-state index contributed by atoms with van der Waals surface area (Å²) >= 11 is 0. The van der Waals surface area contributed by atoms with E-state index in [9.17, 15) is 14.7 Å². The third-order valence-corrected chi connectivity index (χ3v) is 3.16. The summed E-state index contributed by atoms with van der Waals surface area (Å²) in [5.74, 6) is -0.105. The summed E-state index contributed by atoms with van der Waals surface area (Å²) < 4.78 is 4.80. The standard InChI is InChI=1S/C13H24N2O4/c1-19-10-11(16)6-7-14-12(17)9-15-8-4-2-3-5-13(15)18/h11,16H,2-10H2,1H3,(H,14,17). The summed E-state index contributed by atoms with van der Waals surface area (Å²) in [6.07, 6.45) is 3.36. The summed E-state index contributed by atoms with van der Waals surface area (Å²) in [4.78, 5) is 25.0. The fourth-order valence-corrected chi connectivity index (χ4v) is 2.09. The highest BCUT2D eigenvalue weighted by molar-refractivity contribution is 5.84. The Hall–Kier alpha value is -1.14. The van der Waals surface area contributed by atoms with Gasteiger partial charge in [0, 0.05) is 26.6 Å². The number of methoxy groups -OCH3 is 1. The van der Waals surface area contributed by atoms with E-state index < -0.39 is 6.10 Å². The lowest BCUT2D eigenvalue weighted by Crippen LogP contribution is -2.41. The predicted octanol–water partition coefficient (Wildman–Crippen LogP) is -0.0974. The van der Waals surface area contributed by atoms with Crippen molar-refractivity contribution in [2.24, 2.45) is 0 Å². The van der Waals surface area contributed by atoms with Crippen molar-refractivity contribution in [1.82, 2.24) is 10.2 Å². The molecule has 1 fully saturated rings. The van der Waals surface area contributed by atoms with Crippen LogP contribution in [0.2, 0.25) is 0 Å². The predicted molar refractivity (Wildman–Crippen MR) is 70.6 cm³/mol. The van der Waals surface area contributed by atoms with Gasteiger partial charge in [-0.05, 0) is 19.3 Å². The van der Waals surface area contributed by atoms with Crippen molar-refractivity contribution in [3.05, 3.63) is 0 Å². The van der Waals surface area contributed by atoms with E-state index in [1.54, 1.807) is 4.90 Å². The number of hydrogen-bond acceptors (Lipinski definition) is 4. The SMILES string of the molecule is COCC(O)CCNC(=O)CN1CCCCCC1=O. The van der Waals surface area contributed by atoms with Crippen LogP contribution in [0.25, 0.3) is 0 Å².